The van der Waals surface area contributed by atoms with Crippen molar-refractivity contribution in [3.05, 3.63) is 0 Å². The number of nitrogens with zero attached hydrogens (tertiary/aromatic N) is 2. The van der Waals surface area contributed by atoms with Gasteiger partial charge in [0.1, 0.15) is 0 Å². The van der Waals surface area contributed by atoms with Crippen LogP contribution in [0.5, 0.6) is 0 Å². The first-order chi connectivity index (χ1) is 7.83. The van der Waals surface area contributed by atoms with E-state index in [2.05, 4.69) is 0 Å². The third kappa shape index (κ3) is 3.58. The lowest BCUT2D eigenvalue weighted by Crippen LogP contribution is -2.51. The van der Waals surface area contributed by atoms with Gasteiger partial charge in [0, 0.05) is 40.4 Å². The minimum atomic E-state index is -2.91. The second kappa shape index (κ2) is 5.56. The summed E-state index contributed by atoms with van der Waals surface area (Å²) in [5.41, 5.74) is -0.569. The smallest absolute Gasteiger partial charge is 0.369 e. The molecule has 0 unspecified atom stereocenters. The molecule has 1 aliphatic heterocycles. The summed E-state index contributed by atoms with van der Waals surface area (Å²) in [7, 11) is 3.05. The summed E-state index contributed by atoms with van der Waals surface area (Å²) in [5.74, 6) is 0. The van der Waals surface area contributed by atoms with Crippen LogP contribution >= 0.6 is 0 Å². The van der Waals surface area contributed by atoms with E-state index in [-0.39, 0.29) is 13.1 Å². The van der Waals surface area contributed by atoms with E-state index < -0.39 is 11.8 Å². The van der Waals surface area contributed by atoms with Crippen molar-refractivity contribution in [3.8, 4) is 0 Å². The standard InChI is InChI=1S/C11H22F2N2O2/c1-10(2,17-4)9-15-6-5-14(7-8-16-3)11(15,12)13/h5-9H2,1-4H3. The average molecular weight is 252 g/mol. The Balaban J connectivity index is 2.59. The van der Waals surface area contributed by atoms with E-state index in [1.807, 2.05) is 0 Å². The van der Waals surface area contributed by atoms with Gasteiger partial charge in [-0.15, -0.1) is 0 Å². The quantitative estimate of drug-likeness (QED) is 0.664. The van der Waals surface area contributed by atoms with Crippen molar-refractivity contribution in [1.29, 1.82) is 0 Å². The number of alkyl halides is 2. The summed E-state index contributed by atoms with van der Waals surface area (Å²) in [5, 5.41) is 0. The summed E-state index contributed by atoms with van der Waals surface area (Å²) >= 11 is 0. The summed E-state index contributed by atoms with van der Waals surface area (Å²) < 4.78 is 38.0. The zero-order valence-corrected chi connectivity index (χ0v) is 11.0. The molecule has 0 amide bonds. The van der Waals surface area contributed by atoms with Crippen LogP contribution in [0.2, 0.25) is 0 Å². The number of halogens is 2. The maximum Gasteiger partial charge on any atom is 0.369 e. The van der Waals surface area contributed by atoms with Gasteiger partial charge in [-0.1, -0.05) is 0 Å². The summed E-state index contributed by atoms with van der Waals surface area (Å²) in [6.07, 6.45) is -2.91. The highest BCUT2D eigenvalue weighted by molar-refractivity contribution is 4.85. The molecule has 1 heterocycles. The largest absolute Gasteiger partial charge is 0.383 e. The van der Waals surface area contributed by atoms with Crippen LogP contribution in [-0.2, 0) is 9.47 Å². The van der Waals surface area contributed by atoms with E-state index in [0.717, 1.165) is 9.80 Å². The number of ether oxygens (including phenoxy) is 2. The van der Waals surface area contributed by atoms with Gasteiger partial charge in [-0.2, -0.15) is 8.78 Å². The number of hydrogen-bond donors (Lipinski definition) is 0. The molecule has 0 spiro atoms. The second-order valence-electron chi connectivity index (χ2n) is 4.87. The zero-order valence-electron chi connectivity index (χ0n) is 11.0. The summed E-state index contributed by atoms with van der Waals surface area (Å²) in [4.78, 5) is 2.30. The van der Waals surface area contributed by atoms with Crippen molar-refractivity contribution in [1.82, 2.24) is 9.80 Å². The molecule has 0 aromatic rings. The SMILES string of the molecule is COCCN1CCN(CC(C)(C)OC)C1(F)F. The molecule has 102 valence electrons. The van der Waals surface area contributed by atoms with Crippen LogP contribution in [-0.4, -0.2) is 68.6 Å². The molecule has 1 rings (SSSR count). The lowest BCUT2D eigenvalue weighted by atomic mass is 10.1. The van der Waals surface area contributed by atoms with Gasteiger partial charge in [0.2, 0.25) is 0 Å². The molecule has 0 N–H and O–H groups in total. The van der Waals surface area contributed by atoms with Crippen LogP contribution in [0.4, 0.5) is 8.78 Å². The molecule has 6 heteroatoms. The van der Waals surface area contributed by atoms with Crippen LogP contribution in [0.25, 0.3) is 0 Å². The highest BCUT2D eigenvalue weighted by Gasteiger charge is 2.49. The third-order valence-electron chi connectivity index (χ3n) is 3.09. The third-order valence-corrected chi connectivity index (χ3v) is 3.09. The molecular weight excluding hydrogens is 230 g/mol. The summed E-state index contributed by atoms with van der Waals surface area (Å²) in [6, 6.07) is 0. The van der Waals surface area contributed by atoms with Crippen LogP contribution in [0, 0.1) is 0 Å². The molecule has 1 saturated heterocycles. The molecule has 1 fully saturated rings. The lowest BCUT2D eigenvalue weighted by molar-refractivity contribution is -0.223. The molecule has 0 bridgehead atoms. The molecule has 0 aromatic carbocycles. The second-order valence-corrected chi connectivity index (χ2v) is 4.87. The number of methoxy groups -OCH3 is 2. The molecular formula is C11H22F2N2O2. The minimum Gasteiger partial charge on any atom is -0.383 e. The van der Waals surface area contributed by atoms with Gasteiger partial charge in [-0.05, 0) is 13.8 Å². The van der Waals surface area contributed by atoms with E-state index in [9.17, 15) is 8.78 Å². The molecule has 4 nitrogen and oxygen atoms in total. The predicted molar refractivity (Wildman–Crippen MR) is 61.1 cm³/mol. The zero-order chi connectivity index (χ0) is 13.1. The van der Waals surface area contributed by atoms with E-state index in [0.29, 0.717) is 19.7 Å². The van der Waals surface area contributed by atoms with Crippen LogP contribution in [0.15, 0.2) is 0 Å². The van der Waals surface area contributed by atoms with Crippen LogP contribution in [0.1, 0.15) is 13.8 Å². The molecule has 0 aliphatic carbocycles. The van der Waals surface area contributed by atoms with Gasteiger partial charge in [0.25, 0.3) is 0 Å². The first-order valence-corrected chi connectivity index (χ1v) is 5.75. The molecule has 0 radical (unpaired) electrons. The molecule has 0 saturated carbocycles. The van der Waals surface area contributed by atoms with Crippen molar-refractivity contribution >= 4 is 0 Å². The van der Waals surface area contributed by atoms with Crippen molar-refractivity contribution in [2.75, 3.05) is 47.0 Å². The summed E-state index contributed by atoms with van der Waals surface area (Å²) in [6.45, 7) is 5.09. The first-order valence-electron chi connectivity index (χ1n) is 5.75. The first kappa shape index (κ1) is 14.8. The van der Waals surface area contributed by atoms with Crippen LogP contribution < -0.4 is 0 Å². The Kier molecular flexibility index (Phi) is 4.83. The molecule has 0 atom stereocenters. The molecule has 17 heavy (non-hydrogen) atoms. The monoisotopic (exact) mass is 252 g/mol. The number of rotatable bonds is 6. The van der Waals surface area contributed by atoms with Crippen molar-refractivity contribution < 1.29 is 18.3 Å². The van der Waals surface area contributed by atoms with Gasteiger partial charge < -0.3 is 9.47 Å². The van der Waals surface area contributed by atoms with Crippen LogP contribution in [0.3, 0.4) is 0 Å². The van der Waals surface area contributed by atoms with Crippen molar-refractivity contribution in [2.24, 2.45) is 0 Å². The molecule has 1 aliphatic rings. The Morgan fingerprint density at radius 1 is 1.18 bits per heavy atom. The van der Waals surface area contributed by atoms with E-state index in [1.54, 1.807) is 13.8 Å². The highest BCUT2D eigenvalue weighted by atomic mass is 19.3. The fourth-order valence-electron chi connectivity index (χ4n) is 1.86. The van der Waals surface area contributed by atoms with Gasteiger partial charge in [-0.3, -0.25) is 0 Å². The average Bonchev–Trinajstić information content (AvgIpc) is 2.52. The minimum absolute atomic E-state index is 0.208. The number of hydrogen-bond acceptors (Lipinski definition) is 4. The van der Waals surface area contributed by atoms with E-state index in [4.69, 9.17) is 9.47 Å². The Morgan fingerprint density at radius 3 is 2.29 bits per heavy atom. The molecule has 0 aromatic heterocycles. The van der Waals surface area contributed by atoms with Gasteiger partial charge >= 0.3 is 6.17 Å². The Hall–Kier alpha value is -0.300. The lowest BCUT2D eigenvalue weighted by Gasteiger charge is -2.34. The fourth-order valence-corrected chi connectivity index (χ4v) is 1.86. The van der Waals surface area contributed by atoms with Gasteiger partial charge in [-0.25, -0.2) is 9.80 Å². The topological polar surface area (TPSA) is 24.9 Å². The maximum atomic E-state index is 14.0. The van der Waals surface area contributed by atoms with Crippen molar-refractivity contribution in [2.45, 2.75) is 25.6 Å². The van der Waals surface area contributed by atoms with Gasteiger partial charge in [0.15, 0.2) is 0 Å². The van der Waals surface area contributed by atoms with E-state index >= 15 is 0 Å². The maximum absolute atomic E-state index is 14.0. The Labute approximate surface area is 101 Å². The Morgan fingerprint density at radius 2 is 1.76 bits per heavy atom. The fraction of sp³-hybridized carbons (Fsp3) is 1.00. The van der Waals surface area contributed by atoms with E-state index in [1.165, 1.54) is 14.2 Å². The highest BCUT2D eigenvalue weighted by Crippen LogP contribution is 2.31. The normalized spacial score (nSPS) is 22.2. The van der Waals surface area contributed by atoms with Gasteiger partial charge in [0.05, 0.1) is 12.2 Å². The predicted octanol–water partition coefficient (Wildman–Crippen LogP) is 1.23. The van der Waals surface area contributed by atoms with Crippen molar-refractivity contribution in [3.63, 3.8) is 0 Å². The Bertz CT molecular complexity index is 250.